The topological polar surface area (TPSA) is 66.9 Å². The van der Waals surface area contributed by atoms with Crippen LogP contribution in [0, 0.1) is 6.92 Å². The zero-order valence-electron chi connectivity index (χ0n) is 16.8. The van der Waals surface area contributed by atoms with Crippen LogP contribution in [0.25, 0.3) is 0 Å². The summed E-state index contributed by atoms with van der Waals surface area (Å²) in [5.74, 6) is 0.0819. The van der Waals surface area contributed by atoms with Crippen LogP contribution in [0.15, 0.2) is 41.3 Å². The number of benzene rings is 2. The Kier molecular flexibility index (Phi) is 5.36. The van der Waals surface area contributed by atoms with Crippen molar-refractivity contribution in [3.8, 4) is 5.75 Å². The molecular weight excluding hydrogens is 388 g/mol. The first-order valence-corrected chi connectivity index (χ1v) is 11.5. The molecule has 7 heteroatoms. The molecule has 0 aliphatic carbocycles. The zero-order chi connectivity index (χ0) is 20.6. The number of methoxy groups -OCH3 is 1. The Hall–Kier alpha value is -2.38. The molecule has 2 aliphatic heterocycles. The van der Waals surface area contributed by atoms with E-state index in [4.69, 9.17) is 4.74 Å². The summed E-state index contributed by atoms with van der Waals surface area (Å²) < 4.78 is 33.0. The number of anilines is 1. The van der Waals surface area contributed by atoms with Crippen LogP contribution in [0.2, 0.25) is 0 Å². The Labute approximate surface area is 172 Å². The molecular formula is C22H26N2O4S. The first kappa shape index (κ1) is 19.9. The van der Waals surface area contributed by atoms with Gasteiger partial charge in [-0.3, -0.25) is 4.79 Å². The SMILES string of the molecule is COc1ccc(C(=O)N2CCCc3cc(C)ccc32)cc1S(=O)(=O)N1CCCC1. The van der Waals surface area contributed by atoms with E-state index in [-0.39, 0.29) is 16.6 Å². The number of amides is 1. The summed E-state index contributed by atoms with van der Waals surface area (Å²) in [7, 11) is -2.25. The Morgan fingerprint density at radius 1 is 1.00 bits per heavy atom. The molecule has 154 valence electrons. The molecule has 1 fully saturated rings. The number of ether oxygens (including phenoxy) is 1. The smallest absolute Gasteiger partial charge is 0.258 e. The lowest BCUT2D eigenvalue weighted by atomic mass is 9.99. The molecule has 0 N–H and O–H groups in total. The molecule has 0 saturated carbocycles. The molecule has 2 aromatic carbocycles. The van der Waals surface area contributed by atoms with E-state index in [0.29, 0.717) is 25.2 Å². The van der Waals surface area contributed by atoms with Crippen molar-refractivity contribution >= 4 is 21.6 Å². The number of hydrogen-bond donors (Lipinski definition) is 0. The van der Waals surface area contributed by atoms with E-state index in [0.717, 1.165) is 36.9 Å². The predicted molar refractivity (Wildman–Crippen MR) is 112 cm³/mol. The molecule has 0 bridgehead atoms. The quantitative estimate of drug-likeness (QED) is 0.769. The van der Waals surface area contributed by atoms with Crippen molar-refractivity contribution < 1.29 is 17.9 Å². The molecule has 1 amide bonds. The average Bonchev–Trinajstić information content (AvgIpc) is 3.28. The third-order valence-electron chi connectivity index (χ3n) is 5.69. The van der Waals surface area contributed by atoms with Gasteiger partial charge in [-0.15, -0.1) is 0 Å². The summed E-state index contributed by atoms with van der Waals surface area (Å²) in [6.07, 6.45) is 3.53. The molecule has 1 saturated heterocycles. The van der Waals surface area contributed by atoms with Gasteiger partial charge in [0.15, 0.2) is 0 Å². The zero-order valence-corrected chi connectivity index (χ0v) is 17.7. The molecule has 0 aromatic heterocycles. The summed E-state index contributed by atoms with van der Waals surface area (Å²) >= 11 is 0. The highest BCUT2D eigenvalue weighted by Crippen LogP contribution is 2.33. The van der Waals surface area contributed by atoms with Gasteiger partial charge in [-0.1, -0.05) is 17.7 Å². The van der Waals surface area contributed by atoms with Gasteiger partial charge in [-0.25, -0.2) is 8.42 Å². The minimum atomic E-state index is -3.70. The van der Waals surface area contributed by atoms with Crippen LogP contribution in [0.3, 0.4) is 0 Å². The Bertz CT molecular complexity index is 1040. The maximum Gasteiger partial charge on any atom is 0.258 e. The van der Waals surface area contributed by atoms with Gasteiger partial charge in [0.25, 0.3) is 5.91 Å². The Morgan fingerprint density at radius 3 is 2.48 bits per heavy atom. The number of aryl methyl sites for hydroxylation is 2. The highest BCUT2D eigenvalue weighted by Gasteiger charge is 2.32. The molecule has 2 aliphatic rings. The van der Waals surface area contributed by atoms with Crippen LogP contribution >= 0.6 is 0 Å². The van der Waals surface area contributed by atoms with Gasteiger partial charge in [-0.2, -0.15) is 4.31 Å². The van der Waals surface area contributed by atoms with Crippen molar-refractivity contribution in [2.45, 2.75) is 37.5 Å². The van der Waals surface area contributed by atoms with Crippen molar-refractivity contribution in [2.75, 3.05) is 31.6 Å². The minimum absolute atomic E-state index is 0.0638. The first-order valence-electron chi connectivity index (χ1n) is 10.0. The average molecular weight is 415 g/mol. The highest BCUT2D eigenvalue weighted by molar-refractivity contribution is 7.89. The van der Waals surface area contributed by atoms with Crippen LogP contribution in [0.4, 0.5) is 5.69 Å². The van der Waals surface area contributed by atoms with Gasteiger partial charge in [0.1, 0.15) is 10.6 Å². The van der Waals surface area contributed by atoms with Crippen molar-refractivity contribution in [3.05, 3.63) is 53.1 Å². The van der Waals surface area contributed by atoms with E-state index in [1.54, 1.807) is 17.0 Å². The van der Waals surface area contributed by atoms with Crippen molar-refractivity contribution in [2.24, 2.45) is 0 Å². The first-order chi connectivity index (χ1) is 13.9. The van der Waals surface area contributed by atoms with E-state index >= 15 is 0 Å². The number of nitrogens with zero attached hydrogens (tertiary/aromatic N) is 2. The number of hydrogen-bond acceptors (Lipinski definition) is 4. The fourth-order valence-corrected chi connectivity index (χ4v) is 5.87. The molecule has 0 atom stereocenters. The third kappa shape index (κ3) is 3.65. The van der Waals surface area contributed by atoms with E-state index in [9.17, 15) is 13.2 Å². The monoisotopic (exact) mass is 414 g/mol. The number of carbonyl (C=O) groups excluding carboxylic acids is 1. The molecule has 2 aromatic rings. The molecule has 29 heavy (non-hydrogen) atoms. The van der Waals surface area contributed by atoms with Gasteiger partial charge in [-0.05, 0) is 62.4 Å². The van der Waals surface area contributed by atoms with Crippen molar-refractivity contribution in [1.82, 2.24) is 4.31 Å². The van der Waals surface area contributed by atoms with Crippen LogP contribution in [0.1, 0.15) is 40.7 Å². The van der Waals surface area contributed by atoms with E-state index in [1.165, 1.54) is 23.0 Å². The molecule has 2 heterocycles. The largest absolute Gasteiger partial charge is 0.495 e. The molecule has 6 nitrogen and oxygen atoms in total. The molecule has 0 unspecified atom stereocenters. The normalized spacial score (nSPS) is 17.2. The number of rotatable bonds is 4. The summed E-state index contributed by atoms with van der Waals surface area (Å²) in [6.45, 7) is 3.67. The lowest BCUT2D eigenvalue weighted by molar-refractivity contribution is 0.0985. The number of fused-ring (bicyclic) bond motifs is 1. The van der Waals surface area contributed by atoms with Gasteiger partial charge in [0.05, 0.1) is 7.11 Å². The molecule has 0 spiro atoms. The summed E-state index contributed by atoms with van der Waals surface area (Å²) in [5, 5.41) is 0. The summed E-state index contributed by atoms with van der Waals surface area (Å²) in [5.41, 5.74) is 3.59. The fraction of sp³-hybridized carbons (Fsp3) is 0.409. The van der Waals surface area contributed by atoms with Gasteiger partial charge >= 0.3 is 0 Å². The van der Waals surface area contributed by atoms with E-state index in [1.807, 2.05) is 19.1 Å². The second kappa shape index (κ2) is 7.80. The van der Waals surface area contributed by atoms with Gasteiger partial charge in [0, 0.05) is 30.9 Å². The van der Waals surface area contributed by atoms with Gasteiger partial charge in [0.2, 0.25) is 10.0 Å². The Morgan fingerprint density at radius 2 is 1.76 bits per heavy atom. The molecule has 4 rings (SSSR count). The van der Waals surface area contributed by atoms with E-state index in [2.05, 4.69) is 6.07 Å². The second-order valence-corrected chi connectivity index (χ2v) is 9.58. The van der Waals surface area contributed by atoms with Crippen molar-refractivity contribution in [1.29, 1.82) is 0 Å². The maximum atomic E-state index is 13.3. The third-order valence-corrected chi connectivity index (χ3v) is 7.61. The fourth-order valence-electron chi connectivity index (χ4n) is 4.17. The number of sulfonamides is 1. The lowest BCUT2D eigenvalue weighted by Crippen LogP contribution is -2.35. The van der Waals surface area contributed by atoms with Crippen LogP contribution in [-0.2, 0) is 16.4 Å². The van der Waals surface area contributed by atoms with Gasteiger partial charge < -0.3 is 9.64 Å². The van der Waals surface area contributed by atoms with E-state index < -0.39 is 10.0 Å². The summed E-state index contributed by atoms with van der Waals surface area (Å²) in [4.78, 5) is 15.1. The lowest BCUT2D eigenvalue weighted by Gasteiger charge is -2.30. The predicted octanol–water partition coefficient (Wildman–Crippen LogP) is 3.38. The van der Waals surface area contributed by atoms with Crippen molar-refractivity contribution in [3.63, 3.8) is 0 Å². The Balaban J connectivity index is 1.72. The number of carbonyl (C=O) groups is 1. The molecule has 0 radical (unpaired) electrons. The maximum absolute atomic E-state index is 13.3. The minimum Gasteiger partial charge on any atom is -0.495 e. The van der Waals surface area contributed by atoms with Crippen LogP contribution in [-0.4, -0.2) is 45.4 Å². The second-order valence-electron chi connectivity index (χ2n) is 7.67. The standard InChI is InChI=1S/C22H26N2O4S/c1-16-7-9-19-17(14-16)6-5-13-24(19)22(25)18-8-10-20(28-2)21(15-18)29(26,27)23-11-3-4-12-23/h7-10,14-15H,3-6,11-13H2,1-2H3. The highest BCUT2D eigenvalue weighted by atomic mass is 32.2. The summed E-state index contributed by atoms with van der Waals surface area (Å²) in [6, 6.07) is 10.8. The van der Waals surface area contributed by atoms with Crippen LogP contribution < -0.4 is 9.64 Å². The van der Waals surface area contributed by atoms with Crippen LogP contribution in [0.5, 0.6) is 5.75 Å².